The summed E-state index contributed by atoms with van der Waals surface area (Å²) in [5.41, 5.74) is 11.8. The Morgan fingerprint density at radius 3 is 1.25 bits per heavy atom. The zero-order chi connectivity index (χ0) is 12.8. The van der Waals surface area contributed by atoms with E-state index in [-0.39, 0.29) is 102 Å². The molecule has 3 rings (SSSR count). The van der Waals surface area contributed by atoms with E-state index in [4.69, 9.17) is 11.5 Å². The van der Waals surface area contributed by atoms with Crippen molar-refractivity contribution in [1.82, 2.24) is 9.97 Å². The van der Waals surface area contributed by atoms with Gasteiger partial charge in [-0.3, -0.25) is 9.97 Å². The molecular weight excluding hydrogens is 671 g/mol. The van der Waals surface area contributed by atoms with Gasteiger partial charge in [0.1, 0.15) is 0 Å². The normalized spacial score (nSPS) is 7.58. The Morgan fingerprint density at radius 2 is 0.958 bits per heavy atom. The number of rotatable bonds is 1. The van der Waals surface area contributed by atoms with Crippen molar-refractivity contribution in [2.24, 2.45) is 11.5 Å². The molecule has 1 aromatic carbocycles. The van der Waals surface area contributed by atoms with Crippen LogP contribution in [0.3, 0.4) is 0 Å². The molecule has 3 aromatic rings. The van der Waals surface area contributed by atoms with Crippen molar-refractivity contribution in [3.05, 3.63) is 48.8 Å². The average molecular weight is 687 g/mol. The van der Waals surface area contributed by atoms with E-state index in [1.807, 2.05) is 12.1 Å². The molecule has 0 atom stereocenters. The van der Waals surface area contributed by atoms with Crippen LogP contribution >= 0.6 is 0 Å². The molecule has 0 aliphatic heterocycles. The second-order valence-corrected chi connectivity index (χ2v) is 3.79. The van der Waals surface area contributed by atoms with Gasteiger partial charge in [-0.2, -0.15) is 0 Å². The van der Waals surface area contributed by atoms with E-state index in [0.717, 1.165) is 21.8 Å². The fraction of sp³-hybridized carbons (Fsp3) is 0.143. The molecule has 4 nitrogen and oxygen atoms in total. The quantitative estimate of drug-likeness (QED) is 0.197. The number of pyridine rings is 2. The van der Waals surface area contributed by atoms with Crippen molar-refractivity contribution < 1.29 is 102 Å². The van der Waals surface area contributed by atoms with E-state index in [9.17, 15) is 0 Å². The number of hydrogen-bond acceptors (Lipinski definition) is 4. The standard InChI is InChI=1S/C12H8N2.C2H8N2.4BrH.2Cu/c1-3-9-5-6-10-4-2-8-14-12(10)11(9)13-7-1;3-1-2-4;;;;;;/h1-8H;1-4H2;4*1H;;/q;;;;;;2*+2/p-4. The molecule has 0 unspecified atom stereocenters. The van der Waals surface area contributed by atoms with Crippen molar-refractivity contribution in [2.45, 2.75) is 0 Å². The zero-order valence-corrected chi connectivity index (χ0v) is 20.4. The molecule has 2 heterocycles. The number of halogens is 4. The van der Waals surface area contributed by atoms with Crippen molar-refractivity contribution in [3.63, 3.8) is 0 Å². The summed E-state index contributed by atoms with van der Waals surface area (Å²) in [6.45, 7) is 1.19. The van der Waals surface area contributed by atoms with Gasteiger partial charge in [-0.05, 0) is 12.1 Å². The van der Waals surface area contributed by atoms with E-state index in [1.165, 1.54) is 0 Å². The van der Waals surface area contributed by atoms with Crippen LogP contribution in [0.25, 0.3) is 21.8 Å². The maximum atomic E-state index is 4.90. The summed E-state index contributed by atoms with van der Waals surface area (Å²) < 4.78 is 0. The third-order valence-corrected chi connectivity index (χ3v) is 2.51. The van der Waals surface area contributed by atoms with Crippen LogP contribution in [0.1, 0.15) is 0 Å². The Labute approximate surface area is 205 Å². The van der Waals surface area contributed by atoms with Crippen molar-refractivity contribution in [3.8, 4) is 0 Å². The second kappa shape index (κ2) is 20.2. The van der Waals surface area contributed by atoms with Crippen LogP contribution in [0.15, 0.2) is 48.8 Å². The minimum absolute atomic E-state index is 0. The van der Waals surface area contributed by atoms with Gasteiger partial charge < -0.3 is 79.4 Å². The molecule has 4 N–H and O–H groups in total. The van der Waals surface area contributed by atoms with E-state index in [1.54, 1.807) is 12.4 Å². The third-order valence-electron chi connectivity index (χ3n) is 2.51. The fourth-order valence-electron chi connectivity index (χ4n) is 1.68. The molecule has 142 valence electrons. The van der Waals surface area contributed by atoms with Crippen LogP contribution < -0.4 is 79.4 Å². The molecule has 0 aliphatic rings. The third kappa shape index (κ3) is 10.2. The molecule has 0 saturated heterocycles. The van der Waals surface area contributed by atoms with Gasteiger partial charge in [-0.25, -0.2) is 0 Å². The van der Waals surface area contributed by atoms with Crippen molar-refractivity contribution in [1.29, 1.82) is 0 Å². The Morgan fingerprint density at radius 1 is 0.625 bits per heavy atom. The van der Waals surface area contributed by atoms with Crippen LogP contribution in [0.5, 0.6) is 0 Å². The Hall–Kier alpha value is 0.919. The summed E-state index contributed by atoms with van der Waals surface area (Å²) in [7, 11) is 0. The van der Waals surface area contributed by atoms with Gasteiger partial charge in [0.2, 0.25) is 0 Å². The predicted molar refractivity (Wildman–Crippen MR) is 75.2 cm³/mol. The van der Waals surface area contributed by atoms with Crippen LogP contribution in [-0.2, 0) is 34.1 Å². The minimum atomic E-state index is 0. The Kier molecular flexibility index (Phi) is 30.3. The molecular formula is C14H16Br4Cu2N4. The van der Waals surface area contributed by atoms with Gasteiger partial charge in [0.25, 0.3) is 0 Å². The summed E-state index contributed by atoms with van der Waals surface area (Å²) in [6.07, 6.45) is 3.60. The SMILES string of the molecule is NCCN.[Br-].[Br-].[Br-].[Br-].[Cu+2].[Cu+2].c1cnc2c(c1)ccc1cccnc12. The van der Waals surface area contributed by atoms with Crippen LogP contribution in [-0.4, -0.2) is 23.1 Å². The molecule has 2 aromatic heterocycles. The molecule has 10 heteroatoms. The fourth-order valence-corrected chi connectivity index (χ4v) is 1.68. The summed E-state index contributed by atoms with van der Waals surface area (Å²) in [4.78, 5) is 8.69. The topological polar surface area (TPSA) is 77.8 Å². The first-order valence-corrected chi connectivity index (χ1v) is 5.85. The first-order valence-electron chi connectivity index (χ1n) is 5.85. The van der Waals surface area contributed by atoms with Crippen molar-refractivity contribution in [2.75, 3.05) is 13.1 Å². The van der Waals surface area contributed by atoms with Gasteiger partial charge in [0.05, 0.1) is 11.0 Å². The number of benzene rings is 1. The monoisotopic (exact) mass is 682 g/mol. The number of nitrogens with two attached hydrogens (primary N) is 2. The van der Waals surface area contributed by atoms with E-state index >= 15 is 0 Å². The number of nitrogens with zero attached hydrogens (tertiary/aromatic N) is 2. The van der Waals surface area contributed by atoms with Gasteiger partial charge in [-0.15, -0.1) is 0 Å². The van der Waals surface area contributed by atoms with Gasteiger partial charge in [0, 0.05) is 36.3 Å². The predicted octanol–water partition coefficient (Wildman–Crippen LogP) is -10.3. The molecule has 0 fully saturated rings. The number of hydrogen-bond donors (Lipinski definition) is 2. The van der Waals surface area contributed by atoms with Crippen LogP contribution in [0.2, 0.25) is 0 Å². The zero-order valence-electron chi connectivity index (χ0n) is 12.2. The van der Waals surface area contributed by atoms with Gasteiger partial charge in [0.15, 0.2) is 0 Å². The molecule has 0 spiro atoms. The molecule has 0 aliphatic carbocycles. The molecule has 2 radical (unpaired) electrons. The average Bonchev–Trinajstić information content (AvgIpc) is 2.47. The first-order chi connectivity index (χ1) is 8.86. The summed E-state index contributed by atoms with van der Waals surface area (Å²) in [5.74, 6) is 0. The van der Waals surface area contributed by atoms with Crippen molar-refractivity contribution >= 4 is 21.8 Å². The smallest absolute Gasteiger partial charge is 1.00 e. The number of fused-ring (bicyclic) bond motifs is 3. The Balaban J connectivity index is -0.000000111. The van der Waals surface area contributed by atoms with E-state index in [0.29, 0.717) is 13.1 Å². The largest absolute Gasteiger partial charge is 2.00 e. The van der Waals surface area contributed by atoms with Gasteiger partial charge >= 0.3 is 34.1 Å². The second-order valence-electron chi connectivity index (χ2n) is 3.79. The molecule has 0 saturated carbocycles. The van der Waals surface area contributed by atoms with E-state index < -0.39 is 0 Å². The summed E-state index contributed by atoms with van der Waals surface area (Å²) >= 11 is 0. The van der Waals surface area contributed by atoms with Crippen LogP contribution in [0, 0.1) is 0 Å². The number of aromatic nitrogens is 2. The summed E-state index contributed by atoms with van der Waals surface area (Å²) in [5, 5.41) is 2.28. The molecule has 0 bridgehead atoms. The van der Waals surface area contributed by atoms with Gasteiger partial charge in [-0.1, -0.05) is 24.3 Å². The first kappa shape index (κ1) is 35.9. The van der Waals surface area contributed by atoms with Crippen LogP contribution in [0.4, 0.5) is 0 Å². The Bertz CT molecular complexity index is 605. The molecule has 0 amide bonds. The summed E-state index contributed by atoms with van der Waals surface area (Å²) in [6, 6.07) is 12.1. The molecule has 24 heavy (non-hydrogen) atoms. The maximum Gasteiger partial charge on any atom is 2.00 e. The maximum absolute atomic E-state index is 4.90. The minimum Gasteiger partial charge on any atom is -1.00 e. The van der Waals surface area contributed by atoms with E-state index in [2.05, 4.69) is 34.2 Å².